The highest BCUT2D eigenvalue weighted by Crippen LogP contribution is 2.37. The van der Waals surface area contributed by atoms with Gasteiger partial charge in [-0.2, -0.15) is 13.2 Å². The van der Waals surface area contributed by atoms with Crippen molar-refractivity contribution in [1.29, 1.82) is 0 Å². The molecule has 2 aliphatic rings. The van der Waals surface area contributed by atoms with Crippen LogP contribution in [0.1, 0.15) is 41.7 Å². The number of thiophene rings is 1. The summed E-state index contributed by atoms with van der Waals surface area (Å²) in [6.07, 6.45) is -3.78. The first-order chi connectivity index (χ1) is 16.2. The van der Waals surface area contributed by atoms with Crippen LogP contribution in [0.15, 0.2) is 29.6 Å². The van der Waals surface area contributed by atoms with Crippen LogP contribution in [0.5, 0.6) is 0 Å². The third-order valence-corrected chi connectivity index (χ3v) is 6.84. The van der Waals surface area contributed by atoms with Crippen molar-refractivity contribution in [1.82, 2.24) is 4.90 Å². The lowest BCUT2D eigenvalue weighted by molar-refractivity contribution is -0.137. The number of alkyl halides is 3. The fraction of sp³-hybridized carbons (Fsp3) is 0.435. The summed E-state index contributed by atoms with van der Waals surface area (Å²) in [7, 11) is 0. The highest BCUT2D eigenvalue weighted by molar-refractivity contribution is 7.10. The fourth-order valence-electron chi connectivity index (χ4n) is 4.03. The van der Waals surface area contributed by atoms with E-state index in [9.17, 15) is 27.6 Å². The second-order valence-corrected chi connectivity index (χ2v) is 9.23. The fourth-order valence-corrected chi connectivity index (χ4v) is 4.92. The van der Waals surface area contributed by atoms with E-state index in [0.29, 0.717) is 32.5 Å². The minimum absolute atomic E-state index is 0.0427. The smallest absolute Gasteiger partial charge is 0.368 e. The molecule has 1 atom stereocenters. The first-order valence-electron chi connectivity index (χ1n) is 11.0. The molecular weight excluding hydrogens is 471 g/mol. The van der Waals surface area contributed by atoms with Gasteiger partial charge in [0.2, 0.25) is 11.8 Å². The van der Waals surface area contributed by atoms with E-state index in [1.807, 2.05) is 11.4 Å². The van der Waals surface area contributed by atoms with Gasteiger partial charge in [-0.1, -0.05) is 0 Å². The molecule has 4 rings (SSSR count). The third kappa shape index (κ3) is 5.76. The van der Waals surface area contributed by atoms with E-state index >= 15 is 0 Å². The van der Waals surface area contributed by atoms with Gasteiger partial charge in [-0.3, -0.25) is 14.4 Å². The maximum Gasteiger partial charge on any atom is 0.418 e. The Morgan fingerprint density at radius 1 is 1.15 bits per heavy atom. The lowest BCUT2D eigenvalue weighted by Gasteiger charge is -2.27. The van der Waals surface area contributed by atoms with Crippen molar-refractivity contribution in [2.45, 2.75) is 50.9 Å². The first kappa shape index (κ1) is 24.2. The lowest BCUT2D eigenvalue weighted by atomic mass is 10.1. The van der Waals surface area contributed by atoms with Crippen molar-refractivity contribution < 1.29 is 32.3 Å². The molecule has 34 heavy (non-hydrogen) atoms. The van der Waals surface area contributed by atoms with Crippen molar-refractivity contribution in [3.05, 3.63) is 45.6 Å². The molecule has 1 fully saturated rings. The van der Waals surface area contributed by atoms with E-state index in [4.69, 9.17) is 4.74 Å². The number of amides is 3. The molecule has 3 amide bonds. The molecule has 3 heterocycles. The Hall–Kier alpha value is -2.92. The summed E-state index contributed by atoms with van der Waals surface area (Å²) in [5, 5.41) is 6.67. The Labute approximate surface area is 198 Å². The molecule has 0 aliphatic carbocycles. The number of carbonyl (C=O) groups is 3. The van der Waals surface area contributed by atoms with E-state index in [1.165, 1.54) is 10.9 Å². The summed E-state index contributed by atoms with van der Waals surface area (Å²) in [6.45, 7) is 1.48. The average molecular weight is 496 g/mol. The van der Waals surface area contributed by atoms with Gasteiger partial charge in [-0.05, 0) is 54.5 Å². The molecule has 0 bridgehead atoms. The van der Waals surface area contributed by atoms with Crippen LogP contribution >= 0.6 is 11.3 Å². The van der Waals surface area contributed by atoms with E-state index in [0.717, 1.165) is 24.1 Å². The number of hydrogen-bond donors (Lipinski definition) is 2. The van der Waals surface area contributed by atoms with E-state index in [-0.39, 0.29) is 24.4 Å². The van der Waals surface area contributed by atoms with E-state index in [2.05, 4.69) is 10.6 Å². The third-order valence-electron chi connectivity index (χ3n) is 5.82. The number of anilines is 2. The lowest BCUT2D eigenvalue weighted by Crippen LogP contribution is -2.35. The summed E-state index contributed by atoms with van der Waals surface area (Å²) in [5.74, 6) is -1.41. The monoisotopic (exact) mass is 495 g/mol. The second-order valence-electron chi connectivity index (χ2n) is 8.23. The largest absolute Gasteiger partial charge is 0.418 e. The van der Waals surface area contributed by atoms with E-state index in [1.54, 1.807) is 16.2 Å². The van der Waals surface area contributed by atoms with Gasteiger partial charge >= 0.3 is 6.18 Å². The second kappa shape index (κ2) is 10.1. The van der Waals surface area contributed by atoms with Gasteiger partial charge in [0, 0.05) is 43.1 Å². The highest BCUT2D eigenvalue weighted by Gasteiger charge is 2.35. The van der Waals surface area contributed by atoms with Crippen LogP contribution in [-0.4, -0.2) is 41.9 Å². The molecule has 2 N–H and O–H groups in total. The number of hydrogen-bond acceptors (Lipinski definition) is 5. The van der Waals surface area contributed by atoms with Crippen LogP contribution in [0.25, 0.3) is 0 Å². The van der Waals surface area contributed by atoms with Gasteiger partial charge in [0.15, 0.2) is 0 Å². The molecule has 182 valence electrons. The van der Waals surface area contributed by atoms with Crippen molar-refractivity contribution in [3.8, 4) is 0 Å². The van der Waals surface area contributed by atoms with Gasteiger partial charge in [-0.25, -0.2) is 0 Å². The molecule has 2 aromatic rings. The first-order valence-corrected chi connectivity index (χ1v) is 11.9. The quantitative estimate of drug-likeness (QED) is 0.629. The number of carbonyl (C=O) groups excluding carboxylic acids is 3. The van der Waals surface area contributed by atoms with Crippen LogP contribution in [-0.2, 0) is 38.3 Å². The highest BCUT2D eigenvalue weighted by atomic mass is 32.1. The minimum atomic E-state index is -4.75. The van der Waals surface area contributed by atoms with Crippen LogP contribution in [0.4, 0.5) is 24.5 Å². The van der Waals surface area contributed by atoms with Crippen molar-refractivity contribution in [2.24, 2.45) is 0 Å². The zero-order valence-corrected chi connectivity index (χ0v) is 19.1. The Morgan fingerprint density at radius 3 is 2.71 bits per heavy atom. The molecule has 11 heteroatoms. The van der Waals surface area contributed by atoms with Gasteiger partial charge < -0.3 is 20.3 Å². The SMILES string of the molecule is O=C(CCC(=O)N1CCc2sccc2C1)Nc1ccc(NC(=O)C2CCCO2)cc1C(F)(F)F. The van der Waals surface area contributed by atoms with Crippen LogP contribution in [0, 0.1) is 0 Å². The summed E-state index contributed by atoms with van der Waals surface area (Å²) in [4.78, 5) is 39.9. The maximum absolute atomic E-state index is 13.6. The molecular formula is C23H24F3N3O4S. The van der Waals surface area contributed by atoms with Crippen molar-refractivity contribution in [3.63, 3.8) is 0 Å². The van der Waals surface area contributed by atoms with E-state index < -0.39 is 35.3 Å². The number of ether oxygens (including phenoxy) is 1. The molecule has 0 spiro atoms. The van der Waals surface area contributed by atoms with Gasteiger partial charge in [-0.15, -0.1) is 11.3 Å². The van der Waals surface area contributed by atoms with Gasteiger partial charge in [0.25, 0.3) is 5.91 Å². The number of benzene rings is 1. The Kier molecular flexibility index (Phi) is 7.22. The molecule has 1 aromatic carbocycles. The zero-order chi connectivity index (χ0) is 24.3. The molecule has 1 saturated heterocycles. The van der Waals surface area contributed by atoms with Crippen LogP contribution in [0.2, 0.25) is 0 Å². The summed E-state index contributed by atoms with van der Waals surface area (Å²) in [5.41, 5.74) is -0.464. The minimum Gasteiger partial charge on any atom is -0.368 e. The average Bonchev–Trinajstić information content (AvgIpc) is 3.49. The van der Waals surface area contributed by atoms with Crippen LogP contribution in [0.3, 0.4) is 0 Å². The van der Waals surface area contributed by atoms with Gasteiger partial charge in [0.1, 0.15) is 6.10 Å². The predicted molar refractivity (Wildman–Crippen MR) is 120 cm³/mol. The number of nitrogens with one attached hydrogen (secondary N) is 2. The van der Waals surface area contributed by atoms with Crippen molar-refractivity contribution in [2.75, 3.05) is 23.8 Å². The van der Waals surface area contributed by atoms with Crippen LogP contribution < -0.4 is 10.6 Å². The molecule has 1 unspecified atom stereocenters. The molecule has 0 saturated carbocycles. The number of halogens is 3. The maximum atomic E-state index is 13.6. The molecule has 1 aromatic heterocycles. The standard InChI is InChI=1S/C23H24F3N3O4S/c24-23(25,26)16-12-15(27-22(32)18-2-1-10-33-18)3-4-17(16)28-20(30)5-6-21(31)29-9-7-19-14(13-29)8-11-34-19/h3-4,8,11-12,18H,1-2,5-7,9-10,13H2,(H,27,32)(H,28,30). The normalized spacial score (nSPS) is 17.9. The summed E-state index contributed by atoms with van der Waals surface area (Å²) in [6, 6.07) is 5.13. The Morgan fingerprint density at radius 2 is 1.97 bits per heavy atom. The van der Waals surface area contributed by atoms with Gasteiger partial charge in [0.05, 0.1) is 11.3 Å². The zero-order valence-electron chi connectivity index (χ0n) is 18.2. The Balaban J connectivity index is 1.35. The number of nitrogens with zero attached hydrogens (tertiary/aromatic N) is 1. The number of rotatable bonds is 6. The molecule has 0 radical (unpaired) electrons. The Bertz CT molecular complexity index is 1080. The number of fused-ring (bicyclic) bond motifs is 1. The van der Waals surface area contributed by atoms with Crippen molar-refractivity contribution >= 4 is 40.4 Å². The summed E-state index contributed by atoms with van der Waals surface area (Å²) < 4.78 is 46.1. The topological polar surface area (TPSA) is 87.7 Å². The molecule has 2 aliphatic heterocycles. The molecule has 7 nitrogen and oxygen atoms in total. The predicted octanol–water partition coefficient (Wildman–Crippen LogP) is 4.19. The summed E-state index contributed by atoms with van der Waals surface area (Å²) >= 11 is 1.65.